The van der Waals surface area contributed by atoms with Crippen molar-refractivity contribution < 1.29 is 18.0 Å². The highest BCUT2D eigenvalue weighted by Crippen LogP contribution is 2.35. The highest BCUT2D eigenvalue weighted by molar-refractivity contribution is 5.74. The highest BCUT2D eigenvalue weighted by Gasteiger charge is 2.46. The molecule has 0 aromatic rings. The average Bonchev–Trinajstić information content (AvgIpc) is 2.86. The number of hydrogen-bond acceptors (Lipinski definition) is 2. The van der Waals surface area contributed by atoms with Gasteiger partial charge in [0.25, 0.3) is 0 Å². The SMILES string of the molecule is C[C@H](CC#N)N(C)C(=O)N[C@@H](C1CCCC1)C(F)(F)F. The first-order valence-corrected chi connectivity index (χ1v) is 6.74. The normalized spacial score (nSPS) is 19.2. The number of alkyl halides is 3. The average molecular weight is 291 g/mol. The first-order valence-electron chi connectivity index (χ1n) is 6.74. The summed E-state index contributed by atoms with van der Waals surface area (Å²) in [5, 5.41) is 10.7. The van der Waals surface area contributed by atoms with Crippen molar-refractivity contribution in [2.75, 3.05) is 7.05 Å². The quantitative estimate of drug-likeness (QED) is 0.865. The molecule has 1 N–H and O–H groups in total. The molecule has 0 unspecified atom stereocenters. The molecule has 0 bridgehead atoms. The number of halogens is 3. The Morgan fingerprint density at radius 3 is 2.45 bits per heavy atom. The number of carbonyl (C=O) groups excluding carboxylic acids is 1. The number of nitriles is 1. The van der Waals surface area contributed by atoms with E-state index in [0.29, 0.717) is 12.8 Å². The first kappa shape index (κ1) is 16.6. The van der Waals surface area contributed by atoms with Crippen molar-refractivity contribution >= 4 is 6.03 Å². The molecule has 0 radical (unpaired) electrons. The van der Waals surface area contributed by atoms with Gasteiger partial charge in [-0.1, -0.05) is 12.8 Å². The van der Waals surface area contributed by atoms with Crippen LogP contribution in [0.5, 0.6) is 0 Å². The lowest BCUT2D eigenvalue weighted by Crippen LogP contribution is -2.54. The largest absolute Gasteiger partial charge is 0.408 e. The second-order valence-electron chi connectivity index (χ2n) is 5.34. The van der Waals surface area contributed by atoms with Crippen molar-refractivity contribution in [2.24, 2.45) is 5.92 Å². The van der Waals surface area contributed by atoms with Crippen molar-refractivity contribution in [3.8, 4) is 6.07 Å². The second-order valence-corrected chi connectivity index (χ2v) is 5.34. The summed E-state index contributed by atoms with van der Waals surface area (Å²) in [6.07, 6.45) is -1.83. The molecule has 4 nitrogen and oxygen atoms in total. The Kier molecular flexibility index (Phi) is 5.66. The maximum Gasteiger partial charge on any atom is 0.408 e. The molecule has 1 saturated carbocycles. The van der Waals surface area contributed by atoms with Crippen LogP contribution in [0, 0.1) is 17.2 Å². The minimum absolute atomic E-state index is 0.0873. The Bertz CT molecular complexity index is 372. The maximum absolute atomic E-state index is 13.1. The van der Waals surface area contributed by atoms with E-state index >= 15 is 0 Å². The van der Waals surface area contributed by atoms with Gasteiger partial charge in [-0.05, 0) is 25.7 Å². The molecule has 1 aliphatic carbocycles. The van der Waals surface area contributed by atoms with Crippen LogP contribution in [-0.2, 0) is 0 Å². The first-order chi connectivity index (χ1) is 9.27. The van der Waals surface area contributed by atoms with Gasteiger partial charge in [-0.15, -0.1) is 0 Å². The minimum Gasteiger partial charge on any atom is -0.326 e. The zero-order valence-electron chi connectivity index (χ0n) is 11.7. The topological polar surface area (TPSA) is 56.1 Å². The number of hydrogen-bond donors (Lipinski definition) is 1. The van der Waals surface area contributed by atoms with E-state index in [1.807, 2.05) is 6.07 Å². The predicted molar refractivity (Wildman–Crippen MR) is 67.8 cm³/mol. The van der Waals surface area contributed by atoms with Crippen LogP contribution >= 0.6 is 0 Å². The molecule has 7 heteroatoms. The van der Waals surface area contributed by atoms with Gasteiger partial charge in [-0.3, -0.25) is 0 Å². The Morgan fingerprint density at radius 2 is 2.00 bits per heavy atom. The third kappa shape index (κ3) is 4.29. The fraction of sp³-hybridized carbons (Fsp3) is 0.846. The number of amides is 2. The van der Waals surface area contributed by atoms with Crippen molar-refractivity contribution in [3.63, 3.8) is 0 Å². The lowest BCUT2D eigenvalue weighted by atomic mass is 9.98. The zero-order valence-corrected chi connectivity index (χ0v) is 11.7. The number of rotatable bonds is 4. The summed E-state index contributed by atoms with van der Waals surface area (Å²) in [5.41, 5.74) is 0. The molecule has 0 aromatic heterocycles. The van der Waals surface area contributed by atoms with E-state index < -0.39 is 30.2 Å². The fourth-order valence-electron chi connectivity index (χ4n) is 2.46. The summed E-state index contributed by atoms with van der Waals surface area (Å²) >= 11 is 0. The van der Waals surface area contributed by atoms with Crippen molar-refractivity contribution in [3.05, 3.63) is 0 Å². The molecule has 1 fully saturated rings. The third-order valence-electron chi connectivity index (χ3n) is 3.87. The van der Waals surface area contributed by atoms with Gasteiger partial charge in [0.1, 0.15) is 6.04 Å². The van der Waals surface area contributed by atoms with Crippen molar-refractivity contribution in [1.82, 2.24) is 10.2 Å². The van der Waals surface area contributed by atoms with Crippen LogP contribution in [0.2, 0.25) is 0 Å². The molecule has 20 heavy (non-hydrogen) atoms. The molecule has 114 valence electrons. The minimum atomic E-state index is -4.44. The van der Waals surface area contributed by atoms with Crippen LogP contribution in [0.25, 0.3) is 0 Å². The van der Waals surface area contributed by atoms with E-state index in [-0.39, 0.29) is 6.42 Å². The predicted octanol–water partition coefficient (Wildman–Crippen LogP) is 3.05. The zero-order chi connectivity index (χ0) is 15.3. The van der Waals surface area contributed by atoms with Crippen LogP contribution in [0.4, 0.5) is 18.0 Å². The number of nitrogens with zero attached hydrogens (tertiary/aromatic N) is 2. The van der Waals surface area contributed by atoms with Gasteiger partial charge in [0.15, 0.2) is 0 Å². The summed E-state index contributed by atoms with van der Waals surface area (Å²) < 4.78 is 39.2. The molecule has 1 rings (SSSR count). The van der Waals surface area contributed by atoms with Crippen LogP contribution < -0.4 is 5.32 Å². The number of carbonyl (C=O) groups is 1. The molecule has 0 spiro atoms. The lowest BCUT2D eigenvalue weighted by molar-refractivity contribution is -0.165. The Hall–Kier alpha value is -1.45. The highest BCUT2D eigenvalue weighted by atomic mass is 19.4. The van der Waals surface area contributed by atoms with Crippen LogP contribution in [0.3, 0.4) is 0 Å². The Balaban J connectivity index is 2.70. The van der Waals surface area contributed by atoms with E-state index in [0.717, 1.165) is 17.7 Å². The van der Waals surface area contributed by atoms with Gasteiger partial charge in [-0.25, -0.2) is 4.79 Å². The van der Waals surface area contributed by atoms with Crippen molar-refractivity contribution in [2.45, 2.75) is 57.3 Å². The molecule has 1 aliphatic rings. The monoisotopic (exact) mass is 291 g/mol. The fourth-order valence-corrected chi connectivity index (χ4v) is 2.46. The van der Waals surface area contributed by atoms with E-state index in [2.05, 4.69) is 5.32 Å². The van der Waals surface area contributed by atoms with Gasteiger partial charge in [-0.2, -0.15) is 18.4 Å². The van der Waals surface area contributed by atoms with Crippen molar-refractivity contribution in [1.29, 1.82) is 5.26 Å². The smallest absolute Gasteiger partial charge is 0.326 e. The third-order valence-corrected chi connectivity index (χ3v) is 3.87. The van der Waals surface area contributed by atoms with Crippen LogP contribution in [0.15, 0.2) is 0 Å². The standard InChI is InChI=1S/C13H20F3N3O/c1-9(7-8-17)19(2)12(20)18-11(13(14,15)16)10-5-3-4-6-10/h9-11H,3-7H2,1-2H3,(H,18,20)/t9-,11+/m1/s1. The van der Waals surface area contributed by atoms with Crippen LogP contribution in [0.1, 0.15) is 39.0 Å². The Labute approximate surface area is 116 Å². The second kappa shape index (κ2) is 6.82. The lowest BCUT2D eigenvalue weighted by Gasteiger charge is -2.31. The molecule has 0 saturated heterocycles. The summed E-state index contributed by atoms with van der Waals surface area (Å²) in [6.45, 7) is 1.63. The molecular formula is C13H20F3N3O. The summed E-state index contributed by atoms with van der Waals surface area (Å²) in [5.74, 6) is -0.543. The van der Waals surface area contributed by atoms with Gasteiger partial charge in [0, 0.05) is 13.1 Å². The molecule has 2 amide bonds. The van der Waals surface area contributed by atoms with Gasteiger partial charge >= 0.3 is 12.2 Å². The number of urea groups is 1. The number of nitrogens with one attached hydrogen (secondary N) is 1. The molecule has 2 atom stereocenters. The van der Waals surface area contributed by atoms with E-state index in [4.69, 9.17) is 5.26 Å². The van der Waals surface area contributed by atoms with E-state index in [9.17, 15) is 18.0 Å². The van der Waals surface area contributed by atoms with Gasteiger partial charge in [0.05, 0.1) is 12.5 Å². The summed E-state index contributed by atoms with van der Waals surface area (Å²) in [4.78, 5) is 13.0. The molecule has 0 aliphatic heterocycles. The maximum atomic E-state index is 13.1. The summed E-state index contributed by atoms with van der Waals surface area (Å²) in [7, 11) is 1.40. The van der Waals surface area contributed by atoms with Gasteiger partial charge in [0.2, 0.25) is 0 Å². The van der Waals surface area contributed by atoms with E-state index in [1.165, 1.54) is 7.05 Å². The summed E-state index contributed by atoms with van der Waals surface area (Å²) in [6, 6.07) is -1.09. The van der Waals surface area contributed by atoms with Gasteiger partial charge < -0.3 is 10.2 Å². The van der Waals surface area contributed by atoms with E-state index in [1.54, 1.807) is 6.92 Å². The molecule has 0 heterocycles. The molecular weight excluding hydrogens is 271 g/mol. The van der Waals surface area contributed by atoms with Crippen LogP contribution in [-0.4, -0.2) is 36.2 Å². The Morgan fingerprint density at radius 1 is 1.45 bits per heavy atom. The molecule has 0 aromatic carbocycles.